The average molecular weight is 1590 g/mol. The van der Waals surface area contributed by atoms with Crippen LogP contribution >= 0.6 is 0 Å². The summed E-state index contributed by atoms with van der Waals surface area (Å²) in [6.07, 6.45) is 8.07. The Morgan fingerprint density at radius 2 is 0.460 bits per heavy atom. The summed E-state index contributed by atoms with van der Waals surface area (Å²) in [6.45, 7) is 19.0. The maximum absolute atomic E-state index is 5.87. The predicted molar refractivity (Wildman–Crippen MR) is 510 cm³/mol. The molecule has 7 aromatic heterocycles. The average Bonchev–Trinajstić information content (AvgIpc) is 1.55. The van der Waals surface area contributed by atoms with Crippen LogP contribution in [0.2, 0.25) is 0 Å². The Balaban J connectivity index is 0.725. The number of benzene rings is 15. The van der Waals surface area contributed by atoms with Gasteiger partial charge in [-0.15, -0.1) is 0 Å². The van der Waals surface area contributed by atoms with Gasteiger partial charge in [-0.2, -0.15) is 0 Å². The van der Waals surface area contributed by atoms with E-state index in [4.69, 9.17) is 24.9 Å². The van der Waals surface area contributed by atoms with E-state index in [1.54, 1.807) is 0 Å². The molecule has 4 aliphatic rings. The molecule has 15 aromatic carbocycles. The van der Waals surface area contributed by atoms with Gasteiger partial charge in [0, 0.05) is 128 Å². The molecule has 9 heteroatoms. The molecular weight excluding hydrogens is 1510 g/mol. The fourth-order valence-electron chi connectivity index (χ4n) is 22.8. The molecule has 0 N–H and O–H groups in total. The molecule has 22 aromatic rings. The molecule has 0 saturated carbocycles. The Hall–Kier alpha value is -15.2. The number of rotatable bonds is 9. The minimum absolute atomic E-state index is 0.232. The maximum atomic E-state index is 5.87. The van der Waals surface area contributed by atoms with Crippen LogP contribution in [0, 0.1) is 0 Å². The van der Waals surface area contributed by atoms with Crippen LogP contribution in [0.25, 0.3) is 211 Å². The predicted octanol–water partition coefficient (Wildman–Crippen LogP) is 28.6. The first-order valence-electron chi connectivity index (χ1n) is 43.3. The molecule has 26 rings (SSSR count). The van der Waals surface area contributed by atoms with E-state index in [9.17, 15) is 0 Å². The summed E-state index contributed by atoms with van der Waals surface area (Å²) in [5, 5.41) is 9.45. The van der Waals surface area contributed by atoms with E-state index < -0.39 is 0 Å². The van der Waals surface area contributed by atoms with Gasteiger partial charge in [-0.05, 0) is 186 Å². The van der Waals surface area contributed by atoms with Crippen molar-refractivity contribution in [3.8, 4) is 124 Å². The van der Waals surface area contributed by atoms with Crippen molar-refractivity contribution in [3.05, 3.63) is 391 Å². The van der Waals surface area contributed by atoms with Crippen molar-refractivity contribution < 1.29 is 0 Å². The van der Waals surface area contributed by atoms with Crippen molar-refractivity contribution in [3.63, 3.8) is 0 Å². The molecule has 0 bridgehead atoms. The lowest BCUT2D eigenvalue weighted by molar-refractivity contribution is 0.661. The van der Waals surface area contributed by atoms with E-state index in [-0.39, 0.29) is 21.7 Å². The molecule has 4 aliphatic carbocycles. The summed E-state index contributed by atoms with van der Waals surface area (Å²) in [5.41, 5.74) is 39.1. The molecule has 0 aliphatic heterocycles. The van der Waals surface area contributed by atoms with Gasteiger partial charge in [0.1, 0.15) is 0 Å². The quantitative estimate of drug-likeness (QED) is 0.144. The molecule has 0 atom stereocenters. The fraction of sp³-hybridized carbons (Fsp3) is 0.104. The molecule has 0 spiro atoms. The number of hydrogen-bond acceptors (Lipinski definition) is 5. The number of pyridine rings is 2. The van der Waals surface area contributed by atoms with Crippen LogP contribution in [-0.2, 0) is 21.7 Å². The number of fused-ring (bicyclic) bond motifs is 24. The van der Waals surface area contributed by atoms with E-state index in [2.05, 4.69) is 408 Å². The van der Waals surface area contributed by atoms with E-state index in [1.165, 1.54) is 121 Å². The second kappa shape index (κ2) is 25.2. The molecule has 0 fully saturated rings. The molecule has 0 radical (unpaired) electrons. The summed E-state index contributed by atoms with van der Waals surface area (Å²) >= 11 is 0. The topological polar surface area (TPSA) is 84.2 Å². The fourth-order valence-corrected chi connectivity index (χ4v) is 22.8. The zero-order valence-electron chi connectivity index (χ0n) is 69.9. The Labute approximate surface area is 717 Å². The highest BCUT2D eigenvalue weighted by Crippen LogP contribution is 2.58. The molecule has 0 unspecified atom stereocenters. The first-order valence-corrected chi connectivity index (χ1v) is 43.3. The summed E-state index contributed by atoms with van der Waals surface area (Å²) in [6, 6.07) is 120. The third-order valence-electron chi connectivity index (χ3n) is 28.8. The lowest BCUT2D eigenvalue weighted by Crippen LogP contribution is -2.15. The second-order valence-corrected chi connectivity index (χ2v) is 36.7. The van der Waals surface area contributed by atoms with Gasteiger partial charge in [0.25, 0.3) is 0 Å². The largest absolute Gasteiger partial charge is 0.309 e. The second-order valence-electron chi connectivity index (χ2n) is 36.7. The van der Waals surface area contributed by atoms with Crippen LogP contribution in [0.3, 0.4) is 0 Å². The zero-order valence-corrected chi connectivity index (χ0v) is 69.9. The molecule has 0 saturated heterocycles. The van der Waals surface area contributed by atoms with Gasteiger partial charge in [0.2, 0.25) is 0 Å². The van der Waals surface area contributed by atoms with Crippen LogP contribution < -0.4 is 0 Å². The summed E-state index contributed by atoms with van der Waals surface area (Å²) in [7, 11) is 0. The molecule has 0 amide bonds. The maximum Gasteiger partial charge on any atom is 0.164 e. The summed E-state index contributed by atoms with van der Waals surface area (Å²) in [4.78, 5) is 27.5. The van der Waals surface area contributed by atoms with Crippen LogP contribution in [0.4, 0.5) is 0 Å². The van der Waals surface area contributed by atoms with E-state index in [0.717, 1.165) is 117 Å². The van der Waals surface area contributed by atoms with Crippen LogP contribution in [-0.4, -0.2) is 43.2 Å². The first-order chi connectivity index (χ1) is 60.5. The normalized spacial score (nSPS) is 14.5. The van der Waals surface area contributed by atoms with Gasteiger partial charge in [-0.3, -0.25) is 9.97 Å². The molecule has 7 heterocycles. The van der Waals surface area contributed by atoms with Gasteiger partial charge in [-0.25, -0.2) is 15.0 Å². The van der Waals surface area contributed by atoms with Crippen molar-refractivity contribution >= 4 is 87.2 Å². The van der Waals surface area contributed by atoms with Crippen molar-refractivity contribution in [2.75, 3.05) is 0 Å². The lowest BCUT2D eigenvalue weighted by Gasteiger charge is -2.23. The summed E-state index contributed by atoms with van der Waals surface area (Å²) < 4.78 is 10.0. The van der Waals surface area contributed by atoms with Crippen molar-refractivity contribution in [2.24, 2.45) is 0 Å². The van der Waals surface area contributed by atoms with Gasteiger partial charge >= 0.3 is 0 Å². The van der Waals surface area contributed by atoms with Crippen LogP contribution in [0.5, 0.6) is 0 Å². The van der Waals surface area contributed by atoms with E-state index in [0.29, 0.717) is 17.5 Å². The number of para-hydroxylation sites is 4. The number of aromatic nitrogens is 9. The highest BCUT2D eigenvalue weighted by Gasteiger charge is 2.42. The Bertz CT molecular complexity index is 8030. The van der Waals surface area contributed by atoms with E-state index in [1.807, 2.05) is 12.4 Å². The Kier molecular flexibility index (Phi) is 14.4. The highest BCUT2D eigenvalue weighted by molar-refractivity contribution is 6.17. The van der Waals surface area contributed by atoms with Gasteiger partial charge in [0.05, 0.1) is 66.9 Å². The van der Waals surface area contributed by atoms with Crippen LogP contribution in [0.1, 0.15) is 99.9 Å². The van der Waals surface area contributed by atoms with Gasteiger partial charge in [0.15, 0.2) is 17.5 Å². The third kappa shape index (κ3) is 9.61. The van der Waals surface area contributed by atoms with Crippen molar-refractivity contribution in [1.29, 1.82) is 0 Å². The third-order valence-corrected chi connectivity index (χ3v) is 28.8. The molecular formula is C115H81N9. The molecule has 586 valence electrons. The van der Waals surface area contributed by atoms with Gasteiger partial charge in [-0.1, -0.05) is 280 Å². The zero-order chi connectivity index (χ0) is 82.7. The number of nitrogens with zero attached hydrogens (tertiary/aromatic N) is 9. The van der Waals surface area contributed by atoms with E-state index >= 15 is 0 Å². The summed E-state index contributed by atoms with van der Waals surface area (Å²) in [5.74, 6) is 1.61. The monoisotopic (exact) mass is 1590 g/mol. The highest BCUT2D eigenvalue weighted by atomic mass is 15.1. The minimum atomic E-state index is -0.286. The van der Waals surface area contributed by atoms with Crippen molar-refractivity contribution in [1.82, 2.24) is 43.2 Å². The Morgan fingerprint density at radius 3 is 0.782 bits per heavy atom. The molecule has 9 nitrogen and oxygen atoms in total. The van der Waals surface area contributed by atoms with Crippen LogP contribution in [0.15, 0.2) is 346 Å². The number of hydrogen-bond donors (Lipinski definition) is 0. The molecule has 124 heavy (non-hydrogen) atoms. The minimum Gasteiger partial charge on any atom is -0.309 e. The van der Waals surface area contributed by atoms with Gasteiger partial charge < -0.3 is 18.3 Å². The van der Waals surface area contributed by atoms with Crippen molar-refractivity contribution in [2.45, 2.75) is 77.0 Å². The first kappa shape index (κ1) is 70.6. The Morgan fingerprint density at radius 1 is 0.185 bits per heavy atom. The smallest absolute Gasteiger partial charge is 0.164 e. The standard InChI is InChI=1S/C115H81N9/c1-112(2)89-38-20-12-30-69(89)79-56-83-73-34-16-24-42-97(73)121(105(83)60-93(79)112)101-50-52-116-64-87(101)77-48-46-67(54-103(77)123-99-44-26-18-36-75(99)85-58-81-71-32-14-22-40-91(71)114(5,6)95(81)62-107(85)123)110-118-109(66-28-10-9-11-29-66)119-111(120-110)68-47-49-78(104(55-68)124-100-45-27-19-37-76(100)86-59-82-72-33-15-23-41-92(72)115(7,8)96(82)63-108(86)124)88-65-117-53-51-102(88)122-98-43-25-17-35-74(98)84-57-80-70-31-13-21-39-90(70)113(3,4)94(80)61-106(84)122/h9-65H,1-8H3. The SMILES string of the molecule is CC1(C)c2ccccc2-c2cc3c4ccccc4n(-c4ccncc4-c4ccc(-c5nc(-c6ccccc6)nc(-c6ccc(-c7cnccc7-n7c8ccccc8c8cc9c(cc87)C(C)(C)c7ccccc7-9)c(-n7c8ccccc8c8cc9c(cc87)C(C)(C)c7ccccc7-9)c6)n5)cc4-n4c5ccccc5c5cc6c(cc54)C(C)(C)c4ccccc4-6)c3cc21. The lowest BCUT2D eigenvalue weighted by atomic mass is 9.82.